The minimum absolute atomic E-state index is 0.267. The third kappa shape index (κ3) is 4.03. The van der Waals surface area contributed by atoms with Crippen LogP contribution in [0.3, 0.4) is 0 Å². The molecule has 4 N–H and O–H groups in total. The van der Waals surface area contributed by atoms with Gasteiger partial charge in [-0.25, -0.2) is 0 Å². The van der Waals surface area contributed by atoms with Crippen molar-refractivity contribution in [2.45, 2.75) is 35.2 Å². The van der Waals surface area contributed by atoms with E-state index in [-0.39, 0.29) is 6.61 Å². The maximum absolute atomic E-state index is 10.5. The molecule has 0 radical (unpaired) electrons. The van der Waals surface area contributed by atoms with Crippen molar-refractivity contribution in [1.82, 2.24) is 0 Å². The van der Waals surface area contributed by atoms with Gasteiger partial charge in [-0.3, -0.25) is 0 Å². The van der Waals surface area contributed by atoms with Crippen LogP contribution < -0.4 is 4.74 Å². The van der Waals surface area contributed by atoms with E-state index in [1.165, 1.54) is 26.7 Å². The van der Waals surface area contributed by atoms with Gasteiger partial charge in [0.05, 0.1) is 36.4 Å². The molecule has 0 bridgehead atoms. The van der Waals surface area contributed by atoms with Gasteiger partial charge >= 0.3 is 0 Å². The Balaban J connectivity index is 1.65. The zero-order valence-electron chi connectivity index (χ0n) is 15.9. The van der Waals surface area contributed by atoms with E-state index >= 15 is 0 Å². The van der Waals surface area contributed by atoms with Gasteiger partial charge in [-0.05, 0) is 34.7 Å². The molecule has 0 aliphatic carbocycles. The van der Waals surface area contributed by atoms with Crippen molar-refractivity contribution in [1.29, 1.82) is 0 Å². The molecule has 29 heavy (non-hydrogen) atoms. The number of fused-ring (bicyclic) bond motifs is 1. The highest BCUT2D eigenvalue weighted by Crippen LogP contribution is 2.44. The summed E-state index contributed by atoms with van der Waals surface area (Å²) in [6.07, 6.45) is -2.89. The Bertz CT molecular complexity index is 953. The topological polar surface area (TPSA) is 90.2 Å². The second kappa shape index (κ2) is 8.63. The zero-order chi connectivity index (χ0) is 20.5. The predicted octanol–water partition coefficient (Wildman–Crippen LogP) is 2.73. The predicted molar refractivity (Wildman–Crippen MR) is 117 cm³/mol. The first kappa shape index (κ1) is 20.7. The summed E-state index contributed by atoms with van der Waals surface area (Å²) in [5.74, 6) is 0.765. The average Bonchev–Trinajstić information content (AvgIpc) is 3.14. The number of hydrogen-bond donors (Lipinski definition) is 4. The summed E-state index contributed by atoms with van der Waals surface area (Å²) in [5.41, 5.74) is 1.83. The molecular weight excluding hydrogens is 408 g/mol. The van der Waals surface area contributed by atoms with Crippen LogP contribution >= 0.6 is 23.1 Å². The molecule has 5 nitrogen and oxygen atoms in total. The smallest absolute Gasteiger partial charge is 0.122 e. The number of benzene rings is 2. The van der Waals surface area contributed by atoms with E-state index in [4.69, 9.17) is 4.74 Å². The fourth-order valence-electron chi connectivity index (χ4n) is 3.80. The second-order valence-electron chi connectivity index (χ2n) is 7.25. The van der Waals surface area contributed by atoms with Gasteiger partial charge in [0.25, 0.3) is 0 Å². The van der Waals surface area contributed by atoms with Gasteiger partial charge in [0, 0.05) is 16.0 Å². The quantitative estimate of drug-likeness (QED) is 0.496. The maximum atomic E-state index is 10.5. The summed E-state index contributed by atoms with van der Waals surface area (Å²) < 4.78 is 6.78. The van der Waals surface area contributed by atoms with E-state index in [1.807, 2.05) is 30.3 Å². The number of aliphatic hydroxyl groups excluding tert-OH is 4. The number of thiophene rings is 1. The number of hydrogen-bond acceptors (Lipinski definition) is 7. The van der Waals surface area contributed by atoms with Crippen LogP contribution in [0, 0.1) is 0 Å². The van der Waals surface area contributed by atoms with Crippen molar-refractivity contribution in [2.75, 3.05) is 13.7 Å². The van der Waals surface area contributed by atoms with Gasteiger partial charge in [0.1, 0.15) is 11.9 Å². The fourth-order valence-corrected chi connectivity index (χ4v) is 6.30. The van der Waals surface area contributed by atoms with Crippen molar-refractivity contribution in [3.8, 4) is 5.75 Å². The summed E-state index contributed by atoms with van der Waals surface area (Å²) in [5, 5.41) is 40.6. The normalized spacial score (nSPS) is 27.3. The summed E-state index contributed by atoms with van der Waals surface area (Å²) in [7, 11) is 1.63. The monoisotopic (exact) mass is 432 g/mol. The maximum Gasteiger partial charge on any atom is 0.122 e. The Morgan fingerprint density at radius 1 is 0.966 bits per heavy atom. The third-order valence-electron chi connectivity index (χ3n) is 5.37. The van der Waals surface area contributed by atoms with Crippen molar-refractivity contribution in [3.05, 3.63) is 64.5 Å². The SMILES string of the molecule is COc1ccc([C@@H]2SC(CO)[C@@H](O)[C@H](O)[C@H]2O)cc1Cc1cc2ccccc2s1. The highest BCUT2D eigenvalue weighted by Gasteiger charge is 2.43. The summed E-state index contributed by atoms with van der Waals surface area (Å²) in [6.45, 7) is -0.267. The Kier molecular flexibility index (Phi) is 6.15. The molecule has 1 fully saturated rings. The molecule has 2 aromatic carbocycles. The van der Waals surface area contributed by atoms with Gasteiger partial charge in [-0.15, -0.1) is 23.1 Å². The molecule has 1 unspecified atom stereocenters. The first-order valence-corrected chi connectivity index (χ1v) is 11.2. The van der Waals surface area contributed by atoms with Gasteiger partial charge in [0.15, 0.2) is 0 Å². The highest BCUT2D eigenvalue weighted by molar-refractivity contribution is 8.00. The minimum atomic E-state index is -1.30. The number of methoxy groups -OCH3 is 1. The molecule has 4 rings (SSSR count). The highest BCUT2D eigenvalue weighted by atomic mass is 32.2. The number of rotatable bonds is 5. The lowest BCUT2D eigenvalue weighted by atomic mass is 9.95. The van der Waals surface area contributed by atoms with E-state index in [1.54, 1.807) is 18.4 Å². The van der Waals surface area contributed by atoms with Crippen LogP contribution in [-0.2, 0) is 6.42 Å². The lowest BCUT2D eigenvalue weighted by Gasteiger charge is -2.39. The first-order valence-electron chi connectivity index (χ1n) is 9.46. The first-order chi connectivity index (χ1) is 14.0. The number of aliphatic hydroxyl groups is 4. The molecule has 0 spiro atoms. The molecule has 2 heterocycles. The Morgan fingerprint density at radius 2 is 1.76 bits per heavy atom. The van der Waals surface area contributed by atoms with E-state index in [2.05, 4.69) is 18.2 Å². The third-order valence-corrected chi connectivity index (χ3v) is 8.10. The largest absolute Gasteiger partial charge is 0.496 e. The molecular formula is C22H24O5S2. The van der Waals surface area contributed by atoms with E-state index in [0.29, 0.717) is 6.42 Å². The Labute approximate surface area is 177 Å². The van der Waals surface area contributed by atoms with Gasteiger partial charge in [0.2, 0.25) is 0 Å². The molecule has 154 valence electrons. The van der Waals surface area contributed by atoms with Crippen LogP contribution in [0.15, 0.2) is 48.5 Å². The van der Waals surface area contributed by atoms with Crippen LogP contribution in [0.25, 0.3) is 10.1 Å². The minimum Gasteiger partial charge on any atom is -0.496 e. The fraction of sp³-hybridized carbons (Fsp3) is 0.364. The number of ether oxygens (including phenoxy) is 1. The summed E-state index contributed by atoms with van der Waals surface area (Å²) in [4.78, 5) is 1.21. The lowest BCUT2D eigenvalue weighted by molar-refractivity contribution is -0.0700. The van der Waals surface area contributed by atoms with E-state index in [0.717, 1.165) is 16.9 Å². The van der Waals surface area contributed by atoms with Gasteiger partial charge < -0.3 is 25.2 Å². The van der Waals surface area contributed by atoms with Crippen molar-refractivity contribution in [3.63, 3.8) is 0 Å². The zero-order valence-corrected chi connectivity index (χ0v) is 17.6. The Morgan fingerprint density at radius 3 is 2.48 bits per heavy atom. The lowest BCUT2D eigenvalue weighted by Crippen LogP contribution is -2.51. The van der Waals surface area contributed by atoms with Crippen LogP contribution in [-0.4, -0.2) is 57.7 Å². The molecule has 1 aliphatic rings. The van der Waals surface area contributed by atoms with Crippen molar-refractivity contribution in [2.24, 2.45) is 0 Å². The summed E-state index contributed by atoms with van der Waals surface area (Å²) >= 11 is 3.03. The van der Waals surface area contributed by atoms with E-state index in [9.17, 15) is 20.4 Å². The van der Waals surface area contributed by atoms with Crippen LogP contribution in [0.5, 0.6) is 5.75 Å². The van der Waals surface area contributed by atoms with Gasteiger partial charge in [-0.2, -0.15) is 0 Å². The molecule has 0 saturated carbocycles. The molecule has 0 amide bonds. The van der Waals surface area contributed by atoms with Crippen molar-refractivity contribution < 1.29 is 25.2 Å². The number of thioether (sulfide) groups is 1. The van der Waals surface area contributed by atoms with Crippen LogP contribution in [0.4, 0.5) is 0 Å². The van der Waals surface area contributed by atoms with Crippen LogP contribution in [0.1, 0.15) is 21.3 Å². The molecule has 1 saturated heterocycles. The van der Waals surface area contributed by atoms with Crippen LogP contribution in [0.2, 0.25) is 0 Å². The van der Waals surface area contributed by atoms with Gasteiger partial charge in [-0.1, -0.05) is 30.3 Å². The van der Waals surface area contributed by atoms with E-state index < -0.39 is 28.8 Å². The molecule has 5 atom stereocenters. The molecule has 1 aliphatic heterocycles. The second-order valence-corrected chi connectivity index (χ2v) is 9.80. The summed E-state index contributed by atoms with van der Waals surface area (Å²) in [6, 6.07) is 16.2. The standard InChI is InChI=1S/C22H24O5S2/c1-27-16-7-6-13(22-21(26)20(25)19(24)18(11-23)29-22)8-14(16)10-15-9-12-4-2-3-5-17(12)28-15/h2-9,18-26H,10-11H2,1H3/t18?,19-,20+,21-,22+/m1/s1. The van der Waals surface area contributed by atoms with Crippen molar-refractivity contribution >= 4 is 33.2 Å². The average molecular weight is 433 g/mol. The molecule has 7 heteroatoms. The molecule has 1 aromatic heterocycles. The molecule has 3 aromatic rings. The Hall–Kier alpha value is -1.61.